The quantitative estimate of drug-likeness (QED) is 0.530. The highest BCUT2D eigenvalue weighted by atomic mass is 16.5. The van der Waals surface area contributed by atoms with Gasteiger partial charge in [-0.25, -0.2) is 19.4 Å². The van der Waals surface area contributed by atoms with Crippen molar-refractivity contribution < 1.29 is 9.53 Å². The maximum atomic E-state index is 11.8. The lowest BCUT2D eigenvalue weighted by molar-refractivity contribution is 0.0601. The molecule has 0 amide bonds. The van der Waals surface area contributed by atoms with E-state index in [0.717, 1.165) is 46.2 Å². The van der Waals surface area contributed by atoms with Gasteiger partial charge in [-0.15, -0.1) is 0 Å². The van der Waals surface area contributed by atoms with Crippen LogP contribution in [0.3, 0.4) is 0 Å². The van der Waals surface area contributed by atoms with Crippen LogP contribution in [0.15, 0.2) is 30.6 Å². The number of aromatic amines is 1. The first kappa shape index (κ1) is 16.7. The summed E-state index contributed by atoms with van der Waals surface area (Å²) in [4.78, 5) is 23.8. The number of rotatable bonds is 3. The average molecular weight is 376 g/mol. The Balaban J connectivity index is 1.69. The molecule has 8 heteroatoms. The zero-order chi connectivity index (χ0) is 19.3. The number of nitrogens with one attached hydrogen (secondary N) is 1. The predicted molar refractivity (Wildman–Crippen MR) is 106 cm³/mol. The number of fused-ring (bicyclic) bond motifs is 2. The lowest BCUT2D eigenvalue weighted by Crippen LogP contribution is -2.07. The van der Waals surface area contributed by atoms with Crippen LogP contribution >= 0.6 is 0 Å². The molecule has 5 rings (SSSR count). The molecule has 4 aromatic rings. The van der Waals surface area contributed by atoms with E-state index >= 15 is 0 Å². The smallest absolute Gasteiger partial charge is 0.337 e. The van der Waals surface area contributed by atoms with Crippen molar-refractivity contribution in [1.29, 1.82) is 0 Å². The summed E-state index contributed by atoms with van der Waals surface area (Å²) < 4.78 is 6.81. The summed E-state index contributed by atoms with van der Waals surface area (Å²) in [5.41, 5.74) is 9.85. The van der Waals surface area contributed by atoms with Crippen LogP contribution in [-0.4, -0.2) is 37.8 Å². The highest BCUT2D eigenvalue weighted by molar-refractivity contribution is 6.01. The standard InChI is InChI=1S/C20H20N6O2/c1-28-20(27)12-7-6-11-8-15(24-14(11)9-12)17-16-18(21)22-10-23-19(16)26(25-17)13-4-2-3-5-13/h6-10,13,24H,2-5H2,1H3,(H2,21,22,23). The molecule has 3 aromatic heterocycles. The van der Waals surface area contributed by atoms with E-state index in [4.69, 9.17) is 15.6 Å². The third-order valence-corrected chi connectivity index (χ3v) is 5.49. The number of methoxy groups -OCH3 is 1. The fraction of sp³-hybridized carbons (Fsp3) is 0.300. The Morgan fingerprint density at radius 3 is 2.86 bits per heavy atom. The molecule has 1 aliphatic carbocycles. The molecular weight excluding hydrogens is 356 g/mol. The zero-order valence-electron chi connectivity index (χ0n) is 15.5. The van der Waals surface area contributed by atoms with E-state index in [1.165, 1.54) is 26.3 Å². The van der Waals surface area contributed by atoms with Crippen molar-refractivity contribution in [3.05, 3.63) is 36.2 Å². The number of carbonyl (C=O) groups is 1. The van der Waals surface area contributed by atoms with Crippen LogP contribution in [0.1, 0.15) is 42.1 Å². The highest BCUT2D eigenvalue weighted by Crippen LogP contribution is 2.37. The first-order valence-electron chi connectivity index (χ1n) is 9.36. The second-order valence-corrected chi connectivity index (χ2v) is 7.17. The molecule has 0 spiro atoms. The molecule has 0 radical (unpaired) electrons. The Morgan fingerprint density at radius 1 is 1.25 bits per heavy atom. The molecule has 3 heterocycles. The number of nitrogens with two attached hydrogens (primary N) is 1. The molecule has 0 bridgehead atoms. The van der Waals surface area contributed by atoms with Gasteiger partial charge in [0.15, 0.2) is 5.65 Å². The summed E-state index contributed by atoms with van der Waals surface area (Å²) in [6.45, 7) is 0. The number of aromatic nitrogens is 5. The molecular formula is C20H20N6O2. The lowest BCUT2D eigenvalue weighted by atomic mass is 10.1. The van der Waals surface area contributed by atoms with Crippen LogP contribution in [0.25, 0.3) is 33.3 Å². The van der Waals surface area contributed by atoms with Crippen LogP contribution in [-0.2, 0) is 4.74 Å². The van der Waals surface area contributed by atoms with Gasteiger partial charge in [0.25, 0.3) is 0 Å². The normalized spacial score (nSPS) is 14.9. The summed E-state index contributed by atoms with van der Waals surface area (Å²) in [7, 11) is 1.37. The number of esters is 1. The Hall–Kier alpha value is -3.42. The van der Waals surface area contributed by atoms with Crippen LogP contribution in [0.5, 0.6) is 0 Å². The van der Waals surface area contributed by atoms with Crippen molar-refractivity contribution in [2.45, 2.75) is 31.7 Å². The van der Waals surface area contributed by atoms with E-state index in [-0.39, 0.29) is 5.97 Å². The highest BCUT2D eigenvalue weighted by Gasteiger charge is 2.25. The molecule has 1 fully saturated rings. The van der Waals surface area contributed by atoms with Crippen molar-refractivity contribution in [2.75, 3.05) is 12.8 Å². The van der Waals surface area contributed by atoms with Gasteiger partial charge >= 0.3 is 5.97 Å². The minimum atomic E-state index is -0.369. The van der Waals surface area contributed by atoms with Gasteiger partial charge in [0.2, 0.25) is 0 Å². The number of nitrogens with zero attached hydrogens (tertiary/aromatic N) is 4. The van der Waals surface area contributed by atoms with Crippen molar-refractivity contribution in [3.8, 4) is 11.4 Å². The number of H-pyrrole nitrogens is 1. The monoisotopic (exact) mass is 376 g/mol. The molecule has 1 aromatic carbocycles. The molecule has 1 aliphatic rings. The third kappa shape index (κ3) is 2.52. The second kappa shape index (κ2) is 6.33. The Bertz CT molecular complexity index is 1200. The number of ether oxygens (including phenoxy) is 1. The van der Waals surface area contributed by atoms with Gasteiger partial charge in [-0.2, -0.15) is 5.10 Å². The van der Waals surface area contributed by atoms with Gasteiger partial charge in [-0.3, -0.25) is 0 Å². The number of carbonyl (C=O) groups excluding carboxylic acids is 1. The molecule has 8 nitrogen and oxygen atoms in total. The van der Waals surface area contributed by atoms with Gasteiger partial charge in [-0.1, -0.05) is 18.9 Å². The number of benzene rings is 1. The van der Waals surface area contributed by atoms with Crippen LogP contribution < -0.4 is 5.73 Å². The van der Waals surface area contributed by atoms with Gasteiger partial charge in [0, 0.05) is 10.9 Å². The van der Waals surface area contributed by atoms with Gasteiger partial charge < -0.3 is 15.5 Å². The Labute approximate surface area is 160 Å². The Morgan fingerprint density at radius 2 is 2.07 bits per heavy atom. The second-order valence-electron chi connectivity index (χ2n) is 7.17. The minimum Gasteiger partial charge on any atom is -0.465 e. The van der Waals surface area contributed by atoms with Gasteiger partial charge in [-0.05, 0) is 31.0 Å². The van der Waals surface area contributed by atoms with E-state index in [1.54, 1.807) is 12.1 Å². The molecule has 0 saturated heterocycles. The van der Waals surface area contributed by atoms with Crippen LogP contribution in [0.4, 0.5) is 5.82 Å². The molecule has 3 N–H and O–H groups in total. The number of anilines is 1. The van der Waals surface area contributed by atoms with Crippen molar-refractivity contribution in [2.24, 2.45) is 0 Å². The predicted octanol–water partition coefficient (Wildman–Crippen LogP) is 3.46. The third-order valence-electron chi connectivity index (χ3n) is 5.49. The number of hydrogen-bond donors (Lipinski definition) is 2. The summed E-state index contributed by atoms with van der Waals surface area (Å²) in [6.07, 6.45) is 6.07. The maximum Gasteiger partial charge on any atom is 0.337 e. The van der Waals surface area contributed by atoms with E-state index in [0.29, 0.717) is 17.4 Å². The summed E-state index contributed by atoms with van der Waals surface area (Å²) in [5.74, 6) is 0.0461. The van der Waals surface area contributed by atoms with Crippen molar-refractivity contribution in [1.82, 2.24) is 24.7 Å². The van der Waals surface area contributed by atoms with Gasteiger partial charge in [0.05, 0.1) is 29.8 Å². The molecule has 0 unspecified atom stereocenters. The first-order valence-corrected chi connectivity index (χ1v) is 9.36. The maximum absolute atomic E-state index is 11.8. The molecule has 28 heavy (non-hydrogen) atoms. The fourth-order valence-corrected chi connectivity index (χ4v) is 4.09. The van der Waals surface area contributed by atoms with Gasteiger partial charge in [0.1, 0.15) is 17.8 Å². The molecule has 0 atom stereocenters. The summed E-state index contributed by atoms with van der Waals surface area (Å²) >= 11 is 0. The summed E-state index contributed by atoms with van der Waals surface area (Å²) in [6, 6.07) is 7.75. The number of nitrogen functional groups attached to an aromatic ring is 1. The molecule has 0 aliphatic heterocycles. The zero-order valence-corrected chi connectivity index (χ0v) is 15.5. The van der Waals surface area contributed by atoms with Crippen molar-refractivity contribution >= 4 is 33.7 Å². The SMILES string of the molecule is COC(=O)c1ccc2cc(-c3nn(C4CCCC4)c4ncnc(N)c34)[nH]c2c1. The number of hydrogen-bond acceptors (Lipinski definition) is 6. The first-order chi connectivity index (χ1) is 13.7. The largest absolute Gasteiger partial charge is 0.465 e. The minimum absolute atomic E-state index is 0.334. The van der Waals surface area contributed by atoms with E-state index in [1.807, 2.05) is 16.8 Å². The summed E-state index contributed by atoms with van der Waals surface area (Å²) in [5, 5.41) is 6.61. The fourth-order valence-electron chi connectivity index (χ4n) is 4.09. The van der Waals surface area contributed by atoms with Crippen molar-refractivity contribution in [3.63, 3.8) is 0 Å². The van der Waals surface area contributed by atoms with E-state index < -0.39 is 0 Å². The lowest BCUT2D eigenvalue weighted by Gasteiger charge is -2.09. The molecule has 1 saturated carbocycles. The van der Waals surface area contributed by atoms with Crippen LogP contribution in [0, 0.1) is 0 Å². The molecule has 142 valence electrons. The van der Waals surface area contributed by atoms with E-state index in [2.05, 4.69) is 15.0 Å². The van der Waals surface area contributed by atoms with E-state index in [9.17, 15) is 4.79 Å². The topological polar surface area (TPSA) is 112 Å². The van der Waals surface area contributed by atoms with Crippen LogP contribution in [0.2, 0.25) is 0 Å². The average Bonchev–Trinajstić information content (AvgIpc) is 3.44. The Kier molecular flexibility index (Phi) is 3.78.